The normalized spacial score (nSPS) is 22.5. The molecule has 0 bridgehead atoms. The zero-order valence-electron chi connectivity index (χ0n) is 11.8. The lowest BCUT2D eigenvalue weighted by molar-refractivity contribution is 0.372. The van der Waals surface area contributed by atoms with Crippen molar-refractivity contribution >= 4 is 0 Å². The molecule has 0 radical (unpaired) electrons. The summed E-state index contributed by atoms with van der Waals surface area (Å²) in [5.74, 6) is 1.68. The van der Waals surface area contributed by atoms with Crippen LogP contribution in [-0.4, -0.2) is 26.2 Å². The van der Waals surface area contributed by atoms with Crippen molar-refractivity contribution in [3.63, 3.8) is 0 Å². The third-order valence-corrected chi connectivity index (χ3v) is 4.77. The standard InChI is InChI=1S/C17H26N2/c1-3-16(17-7-11-19-12-8-17)4-2-14(1)13-15-5-9-18-10-6-15/h1-4,15,17-19H,5-13H2. The Morgan fingerprint density at radius 2 is 1.37 bits per heavy atom. The number of hydrogen-bond donors (Lipinski definition) is 2. The molecule has 0 atom stereocenters. The zero-order chi connectivity index (χ0) is 12.9. The van der Waals surface area contributed by atoms with E-state index in [-0.39, 0.29) is 0 Å². The SMILES string of the molecule is c1cc(C2CCNCC2)ccc1CC1CCNCC1. The quantitative estimate of drug-likeness (QED) is 0.871. The van der Waals surface area contributed by atoms with E-state index in [9.17, 15) is 0 Å². The number of piperidine rings is 2. The molecule has 0 aromatic heterocycles. The van der Waals surface area contributed by atoms with Crippen LogP contribution in [0.5, 0.6) is 0 Å². The highest BCUT2D eigenvalue weighted by Gasteiger charge is 2.16. The van der Waals surface area contributed by atoms with Crippen LogP contribution in [0.2, 0.25) is 0 Å². The second-order valence-corrected chi connectivity index (χ2v) is 6.16. The second-order valence-electron chi connectivity index (χ2n) is 6.16. The molecular weight excluding hydrogens is 232 g/mol. The Bertz CT molecular complexity index is 373. The molecule has 2 N–H and O–H groups in total. The molecule has 104 valence electrons. The van der Waals surface area contributed by atoms with Crippen LogP contribution in [0.3, 0.4) is 0 Å². The Balaban J connectivity index is 1.58. The fraction of sp³-hybridized carbons (Fsp3) is 0.647. The van der Waals surface area contributed by atoms with Gasteiger partial charge in [-0.3, -0.25) is 0 Å². The van der Waals surface area contributed by atoms with Gasteiger partial charge in [-0.2, -0.15) is 0 Å². The summed E-state index contributed by atoms with van der Waals surface area (Å²) in [7, 11) is 0. The lowest BCUT2D eigenvalue weighted by atomic mass is 9.87. The number of rotatable bonds is 3. The molecule has 2 fully saturated rings. The van der Waals surface area contributed by atoms with Crippen molar-refractivity contribution < 1.29 is 0 Å². The summed E-state index contributed by atoms with van der Waals surface area (Å²) in [5.41, 5.74) is 3.08. The molecule has 2 heterocycles. The molecule has 2 aliphatic heterocycles. The number of nitrogens with one attached hydrogen (secondary N) is 2. The summed E-state index contributed by atoms with van der Waals surface area (Å²) in [6.07, 6.45) is 6.56. The smallest absolute Gasteiger partial charge is 0.00431 e. The molecule has 1 aromatic rings. The van der Waals surface area contributed by atoms with E-state index in [2.05, 4.69) is 34.9 Å². The summed E-state index contributed by atoms with van der Waals surface area (Å²) < 4.78 is 0. The first kappa shape index (κ1) is 13.1. The van der Waals surface area contributed by atoms with Gasteiger partial charge in [-0.05, 0) is 81.2 Å². The predicted octanol–water partition coefficient (Wildman–Crippen LogP) is 2.70. The summed E-state index contributed by atoms with van der Waals surface area (Å²) in [5, 5.41) is 6.89. The topological polar surface area (TPSA) is 24.1 Å². The molecule has 2 aliphatic rings. The molecule has 2 nitrogen and oxygen atoms in total. The first-order chi connectivity index (χ1) is 9.42. The zero-order valence-corrected chi connectivity index (χ0v) is 11.8. The van der Waals surface area contributed by atoms with E-state index in [1.54, 1.807) is 5.56 Å². The predicted molar refractivity (Wildman–Crippen MR) is 80.6 cm³/mol. The van der Waals surface area contributed by atoms with E-state index < -0.39 is 0 Å². The van der Waals surface area contributed by atoms with Gasteiger partial charge in [0, 0.05) is 0 Å². The minimum absolute atomic E-state index is 0.786. The number of benzene rings is 1. The Kier molecular flexibility index (Phi) is 4.52. The molecule has 0 amide bonds. The molecule has 0 unspecified atom stereocenters. The Hall–Kier alpha value is -0.860. The maximum absolute atomic E-state index is 3.45. The van der Waals surface area contributed by atoms with Crippen LogP contribution in [0.1, 0.15) is 42.7 Å². The van der Waals surface area contributed by atoms with Gasteiger partial charge in [0.1, 0.15) is 0 Å². The molecule has 0 spiro atoms. The van der Waals surface area contributed by atoms with Crippen molar-refractivity contribution in [2.24, 2.45) is 5.92 Å². The molecule has 19 heavy (non-hydrogen) atoms. The van der Waals surface area contributed by atoms with Crippen LogP contribution < -0.4 is 10.6 Å². The van der Waals surface area contributed by atoms with Crippen molar-refractivity contribution in [1.82, 2.24) is 10.6 Å². The molecule has 2 heteroatoms. The van der Waals surface area contributed by atoms with E-state index >= 15 is 0 Å². The summed E-state index contributed by atoms with van der Waals surface area (Å²) in [4.78, 5) is 0. The minimum Gasteiger partial charge on any atom is -0.317 e. The van der Waals surface area contributed by atoms with Gasteiger partial charge < -0.3 is 10.6 Å². The Labute approximate surface area is 117 Å². The molecule has 2 saturated heterocycles. The van der Waals surface area contributed by atoms with E-state index in [0.29, 0.717) is 0 Å². The van der Waals surface area contributed by atoms with Gasteiger partial charge in [0.05, 0.1) is 0 Å². The van der Waals surface area contributed by atoms with Gasteiger partial charge in [0.2, 0.25) is 0 Å². The highest BCUT2D eigenvalue weighted by molar-refractivity contribution is 5.26. The molecule has 0 aliphatic carbocycles. The van der Waals surface area contributed by atoms with Gasteiger partial charge in [-0.1, -0.05) is 24.3 Å². The second kappa shape index (κ2) is 6.53. The Morgan fingerprint density at radius 1 is 0.789 bits per heavy atom. The van der Waals surface area contributed by atoms with Crippen LogP contribution in [0.25, 0.3) is 0 Å². The van der Waals surface area contributed by atoms with Gasteiger partial charge in [0.15, 0.2) is 0 Å². The van der Waals surface area contributed by atoms with Gasteiger partial charge in [-0.25, -0.2) is 0 Å². The van der Waals surface area contributed by atoms with Crippen LogP contribution in [0.4, 0.5) is 0 Å². The summed E-state index contributed by atoms with van der Waals surface area (Å²) >= 11 is 0. The monoisotopic (exact) mass is 258 g/mol. The third-order valence-electron chi connectivity index (χ3n) is 4.77. The van der Waals surface area contributed by atoms with Crippen LogP contribution >= 0.6 is 0 Å². The maximum Gasteiger partial charge on any atom is -0.00431 e. The first-order valence-electron chi connectivity index (χ1n) is 7.92. The summed E-state index contributed by atoms with van der Waals surface area (Å²) in [6, 6.07) is 9.51. The van der Waals surface area contributed by atoms with Crippen LogP contribution in [0.15, 0.2) is 24.3 Å². The lowest BCUT2D eigenvalue weighted by Gasteiger charge is -2.24. The number of hydrogen-bond acceptors (Lipinski definition) is 2. The van der Waals surface area contributed by atoms with Crippen molar-refractivity contribution in [3.05, 3.63) is 35.4 Å². The van der Waals surface area contributed by atoms with Crippen LogP contribution in [-0.2, 0) is 6.42 Å². The molecular formula is C17H26N2. The molecule has 3 rings (SSSR count). The molecule has 0 saturated carbocycles. The van der Waals surface area contributed by atoms with Crippen molar-refractivity contribution in [1.29, 1.82) is 0 Å². The average Bonchev–Trinajstić information content (AvgIpc) is 2.50. The fourth-order valence-electron chi connectivity index (χ4n) is 3.50. The van der Waals surface area contributed by atoms with Gasteiger partial charge >= 0.3 is 0 Å². The summed E-state index contributed by atoms with van der Waals surface area (Å²) in [6.45, 7) is 4.78. The van der Waals surface area contributed by atoms with Gasteiger partial charge in [0.25, 0.3) is 0 Å². The Morgan fingerprint density at radius 3 is 2.00 bits per heavy atom. The lowest BCUT2D eigenvalue weighted by Crippen LogP contribution is -2.28. The highest BCUT2D eigenvalue weighted by Crippen LogP contribution is 2.26. The molecule has 1 aromatic carbocycles. The first-order valence-corrected chi connectivity index (χ1v) is 7.92. The largest absolute Gasteiger partial charge is 0.317 e. The van der Waals surface area contributed by atoms with E-state index in [4.69, 9.17) is 0 Å². The van der Waals surface area contributed by atoms with E-state index in [1.165, 1.54) is 63.8 Å². The van der Waals surface area contributed by atoms with Crippen LogP contribution in [0, 0.1) is 5.92 Å². The van der Waals surface area contributed by atoms with E-state index in [0.717, 1.165) is 11.8 Å². The fourth-order valence-corrected chi connectivity index (χ4v) is 3.50. The van der Waals surface area contributed by atoms with Crippen molar-refractivity contribution in [2.45, 2.75) is 38.0 Å². The maximum atomic E-state index is 3.45. The third kappa shape index (κ3) is 3.58. The van der Waals surface area contributed by atoms with Gasteiger partial charge in [-0.15, -0.1) is 0 Å². The van der Waals surface area contributed by atoms with E-state index in [1.807, 2.05) is 0 Å². The average molecular weight is 258 g/mol. The highest BCUT2D eigenvalue weighted by atomic mass is 14.9. The van der Waals surface area contributed by atoms with Crippen molar-refractivity contribution in [2.75, 3.05) is 26.2 Å². The minimum atomic E-state index is 0.786. The van der Waals surface area contributed by atoms with Crippen molar-refractivity contribution in [3.8, 4) is 0 Å².